The highest BCUT2D eigenvalue weighted by Gasteiger charge is 2.34. The number of ether oxygens (including phenoxy) is 1. The molecule has 1 aliphatic heterocycles. The number of thioether (sulfide) groups is 1. The Morgan fingerprint density at radius 2 is 1.80 bits per heavy atom. The van der Waals surface area contributed by atoms with E-state index < -0.39 is 0 Å². The molecule has 0 atom stereocenters. The van der Waals surface area contributed by atoms with Gasteiger partial charge in [0.05, 0.1) is 0 Å². The van der Waals surface area contributed by atoms with Crippen molar-refractivity contribution in [3.8, 4) is 0 Å². The summed E-state index contributed by atoms with van der Waals surface area (Å²) in [6.07, 6.45) is 1.89. The van der Waals surface area contributed by atoms with Gasteiger partial charge in [0, 0.05) is 35.0 Å². The van der Waals surface area contributed by atoms with Crippen LogP contribution >= 0.6 is 11.8 Å². The van der Waals surface area contributed by atoms with Gasteiger partial charge in [0.25, 0.3) is 5.91 Å². The average Bonchev–Trinajstić information content (AvgIpc) is 2.64. The van der Waals surface area contributed by atoms with E-state index in [1.165, 1.54) is 10.5 Å². The molecule has 2 aromatic rings. The number of nitrogens with one attached hydrogen (secondary N) is 1. The van der Waals surface area contributed by atoms with Crippen molar-refractivity contribution in [2.24, 2.45) is 0 Å². The fourth-order valence-electron chi connectivity index (χ4n) is 3.02. The van der Waals surface area contributed by atoms with Crippen LogP contribution in [0, 0.1) is 13.8 Å². The Balaban J connectivity index is 1.70. The highest BCUT2D eigenvalue weighted by atomic mass is 32.2. The molecule has 0 radical (unpaired) electrons. The number of aryl methyl sites for hydroxylation is 2. The Morgan fingerprint density at radius 3 is 2.48 bits per heavy atom. The molecular formula is C21H25NO2S. The van der Waals surface area contributed by atoms with Crippen LogP contribution < -0.4 is 5.32 Å². The zero-order valence-corrected chi connectivity index (χ0v) is 15.7. The van der Waals surface area contributed by atoms with Gasteiger partial charge in [-0.25, -0.2) is 0 Å². The van der Waals surface area contributed by atoms with Crippen LogP contribution in [0.5, 0.6) is 0 Å². The van der Waals surface area contributed by atoms with E-state index in [9.17, 15) is 4.79 Å². The van der Waals surface area contributed by atoms with Crippen molar-refractivity contribution in [2.75, 3.05) is 19.8 Å². The van der Waals surface area contributed by atoms with Gasteiger partial charge in [-0.3, -0.25) is 4.79 Å². The first-order valence-electron chi connectivity index (χ1n) is 8.75. The summed E-state index contributed by atoms with van der Waals surface area (Å²) in [5, 5.41) is 3.16. The SMILES string of the molecule is Cc1ccc(C(=O)NCC2(Sc3ccccc3)CCOCC2)cc1C. The van der Waals surface area contributed by atoms with Gasteiger partial charge in [-0.1, -0.05) is 24.3 Å². The van der Waals surface area contributed by atoms with E-state index >= 15 is 0 Å². The van der Waals surface area contributed by atoms with E-state index in [4.69, 9.17) is 4.74 Å². The minimum Gasteiger partial charge on any atom is -0.381 e. The normalized spacial score (nSPS) is 16.4. The molecule has 1 heterocycles. The molecule has 1 N–H and O–H groups in total. The van der Waals surface area contributed by atoms with Crippen LogP contribution in [-0.2, 0) is 4.74 Å². The number of rotatable bonds is 5. The molecule has 1 fully saturated rings. The highest BCUT2D eigenvalue weighted by Crippen LogP contribution is 2.40. The topological polar surface area (TPSA) is 38.3 Å². The Morgan fingerprint density at radius 1 is 1.08 bits per heavy atom. The predicted molar refractivity (Wildman–Crippen MR) is 103 cm³/mol. The van der Waals surface area contributed by atoms with E-state index in [0.717, 1.165) is 37.2 Å². The van der Waals surface area contributed by atoms with E-state index in [2.05, 4.69) is 36.5 Å². The first-order valence-corrected chi connectivity index (χ1v) is 9.57. The smallest absolute Gasteiger partial charge is 0.251 e. The number of carbonyl (C=O) groups is 1. The zero-order valence-electron chi connectivity index (χ0n) is 14.9. The molecule has 25 heavy (non-hydrogen) atoms. The Bertz CT molecular complexity index is 724. The van der Waals surface area contributed by atoms with Gasteiger partial charge in [0.1, 0.15) is 0 Å². The first-order chi connectivity index (χ1) is 12.1. The third-order valence-electron chi connectivity index (χ3n) is 4.82. The second kappa shape index (κ2) is 8.07. The third kappa shape index (κ3) is 4.65. The molecule has 3 nitrogen and oxygen atoms in total. The van der Waals surface area contributed by atoms with Crippen LogP contribution in [0.25, 0.3) is 0 Å². The molecule has 3 rings (SSSR count). The summed E-state index contributed by atoms with van der Waals surface area (Å²) >= 11 is 1.86. The average molecular weight is 356 g/mol. The van der Waals surface area contributed by atoms with Gasteiger partial charge in [-0.05, 0) is 62.1 Å². The van der Waals surface area contributed by atoms with Crippen LogP contribution in [0.1, 0.15) is 34.3 Å². The van der Waals surface area contributed by atoms with Gasteiger partial charge in [0.15, 0.2) is 0 Å². The van der Waals surface area contributed by atoms with Crippen molar-refractivity contribution in [2.45, 2.75) is 36.3 Å². The van der Waals surface area contributed by atoms with Gasteiger partial charge in [0.2, 0.25) is 0 Å². The van der Waals surface area contributed by atoms with E-state index in [-0.39, 0.29) is 10.7 Å². The highest BCUT2D eigenvalue weighted by molar-refractivity contribution is 8.00. The fourth-order valence-corrected chi connectivity index (χ4v) is 4.33. The second-order valence-electron chi connectivity index (χ2n) is 6.69. The van der Waals surface area contributed by atoms with E-state index in [1.807, 2.05) is 43.0 Å². The van der Waals surface area contributed by atoms with Crippen LogP contribution in [-0.4, -0.2) is 30.4 Å². The molecule has 1 saturated heterocycles. The van der Waals surface area contributed by atoms with Gasteiger partial charge in [-0.15, -0.1) is 11.8 Å². The Hall–Kier alpha value is -1.78. The largest absolute Gasteiger partial charge is 0.381 e. The van der Waals surface area contributed by atoms with Gasteiger partial charge in [-0.2, -0.15) is 0 Å². The maximum absolute atomic E-state index is 12.6. The van der Waals surface area contributed by atoms with Gasteiger partial charge >= 0.3 is 0 Å². The lowest BCUT2D eigenvalue weighted by molar-refractivity contribution is 0.0741. The minimum absolute atomic E-state index is 0.00243. The summed E-state index contributed by atoms with van der Waals surface area (Å²) in [6.45, 7) is 6.25. The predicted octanol–water partition coefficient (Wildman–Crippen LogP) is 4.37. The van der Waals surface area contributed by atoms with Crippen molar-refractivity contribution >= 4 is 17.7 Å². The summed E-state index contributed by atoms with van der Waals surface area (Å²) < 4.78 is 5.55. The lowest BCUT2D eigenvalue weighted by Crippen LogP contribution is -2.44. The van der Waals surface area contributed by atoms with Crippen molar-refractivity contribution in [1.82, 2.24) is 5.32 Å². The maximum atomic E-state index is 12.6. The van der Waals surface area contributed by atoms with Crippen molar-refractivity contribution in [3.63, 3.8) is 0 Å². The lowest BCUT2D eigenvalue weighted by atomic mass is 9.98. The maximum Gasteiger partial charge on any atom is 0.251 e. The van der Waals surface area contributed by atoms with Crippen LogP contribution in [0.4, 0.5) is 0 Å². The second-order valence-corrected chi connectivity index (χ2v) is 8.23. The summed E-state index contributed by atoms with van der Waals surface area (Å²) in [5.41, 5.74) is 3.08. The van der Waals surface area contributed by atoms with Crippen molar-refractivity contribution < 1.29 is 9.53 Å². The molecule has 1 amide bonds. The van der Waals surface area contributed by atoms with E-state index in [1.54, 1.807) is 0 Å². The number of hydrogen-bond acceptors (Lipinski definition) is 3. The molecule has 132 valence electrons. The first kappa shape index (κ1) is 18.0. The third-order valence-corrected chi connectivity index (χ3v) is 6.32. The number of hydrogen-bond donors (Lipinski definition) is 1. The van der Waals surface area contributed by atoms with Crippen LogP contribution in [0.2, 0.25) is 0 Å². The van der Waals surface area contributed by atoms with Crippen molar-refractivity contribution in [1.29, 1.82) is 0 Å². The monoisotopic (exact) mass is 355 g/mol. The molecular weight excluding hydrogens is 330 g/mol. The molecule has 0 saturated carbocycles. The molecule has 0 spiro atoms. The standard InChI is InChI=1S/C21H25NO2S/c1-16-8-9-18(14-17(16)2)20(23)22-15-21(10-12-24-13-11-21)25-19-6-4-3-5-7-19/h3-9,14H,10-13,15H2,1-2H3,(H,22,23). The summed E-state index contributed by atoms with van der Waals surface area (Å²) in [7, 11) is 0. The van der Waals surface area contributed by atoms with Crippen molar-refractivity contribution in [3.05, 3.63) is 65.2 Å². The Labute approximate surface area is 154 Å². The Kier molecular flexibility index (Phi) is 5.82. The summed E-state index contributed by atoms with van der Waals surface area (Å²) in [4.78, 5) is 13.8. The molecule has 0 aromatic heterocycles. The van der Waals surface area contributed by atoms with Crippen LogP contribution in [0.15, 0.2) is 53.4 Å². The van der Waals surface area contributed by atoms with Gasteiger partial charge < -0.3 is 10.1 Å². The molecule has 0 bridgehead atoms. The fraction of sp³-hybridized carbons (Fsp3) is 0.381. The van der Waals surface area contributed by atoms with E-state index in [0.29, 0.717) is 6.54 Å². The number of benzene rings is 2. The molecule has 1 aliphatic rings. The molecule has 0 unspecified atom stereocenters. The number of carbonyl (C=O) groups excluding carboxylic acids is 1. The summed E-state index contributed by atoms with van der Waals surface area (Å²) in [6, 6.07) is 16.3. The quantitative estimate of drug-likeness (QED) is 0.865. The number of amides is 1. The molecule has 4 heteroatoms. The lowest BCUT2D eigenvalue weighted by Gasteiger charge is -2.36. The zero-order chi connectivity index (χ0) is 17.7. The molecule has 0 aliphatic carbocycles. The minimum atomic E-state index is -0.00496. The molecule has 2 aromatic carbocycles. The van der Waals surface area contributed by atoms with Crippen LogP contribution in [0.3, 0.4) is 0 Å². The summed E-state index contributed by atoms with van der Waals surface area (Å²) in [5.74, 6) is 0.00243.